The minimum absolute atomic E-state index is 0.532. The van der Waals surface area contributed by atoms with Gasteiger partial charge in [0.2, 0.25) is 0 Å². The molecule has 6 aliphatic rings. The number of rotatable bonds is 64. The van der Waals surface area contributed by atoms with Crippen molar-refractivity contribution in [1.82, 2.24) is 39.2 Å². The molecule has 16 N–H and O–H groups in total. The standard InChI is InChI=1S/C56H96N8O44Si8/c65-41(66)25-57(26-42(67)68)9-1-17-109-97-110(18-2-10-58(27-43(69)70)28-44(71)72)100-113(21-5-13-61(33-49(81)82)34-50(83)84)102-111(98-109,19-3-11-59(29-45(73)74)30-46(75)76)104-115(23-7-15-63(37-53(89)90)38-54(91)92)105-112(99-109,20-4-12-60(31-47(77)78)32-48(79)80)103-114(101-110,22-6-14-62(35-51(85)86)36-52(87)88)107-116(106-113,108-115)24-8-16-64(39-55(93)94)40-56(95)96/h1-40H2,(H,65,66)(H,67,68)(H,69,70)(H,71,72)(H,73,74)(H,75,76)(H,77,78)(H,79,80)(H,81,82)(H,83,84)(H,85,86)(H,87,88)(H,89,90)(H,91,92)(H,93,94)(H,95,96). The van der Waals surface area contributed by atoms with Crippen molar-refractivity contribution in [1.29, 1.82) is 0 Å². The van der Waals surface area contributed by atoms with Crippen molar-refractivity contribution < 1.29 is 208 Å². The Kier molecular flexibility index (Phi) is 38.4. The zero-order chi connectivity index (χ0) is 86.6. The van der Waals surface area contributed by atoms with Crippen molar-refractivity contribution in [3.05, 3.63) is 0 Å². The van der Waals surface area contributed by atoms with Crippen LogP contribution in [0, 0.1) is 0 Å². The van der Waals surface area contributed by atoms with Gasteiger partial charge in [0.1, 0.15) is 0 Å². The molecule has 0 atom stereocenters. The normalized spacial score (nSPS) is 24.8. The van der Waals surface area contributed by atoms with Crippen molar-refractivity contribution in [2.45, 2.75) is 99.7 Å². The average Bonchev–Trinajstić information content (AvgIpc) is 0.686. The van der Waals surface area contributed by atoms with Crippen LogP contribution >= 0.6 is 0 Å². The quantitative estimate of drug-likeness (QED) is 0.0253. The van der Waals surface area contributed by atoms with E-state index in [1.807, 2.05) is 0 Å². The van der Waals surface area contributed by atoms with Crippen molar-refractivity contribution >= 4 is 166 Å². The number of hydrogen-bond donors (Lipinski definition) is 16. The first kappa shape index (κ1) is 99.0. The number of hydrogen-bond acceptors (Lipinski definition) is 36. The van der Waals surface area contributed by atoms with Gasteiger partial charge in [-0.25, -0.2) is 0 Å². The summed E-state index contributed by atoms with van der Waals surface area (Å²) < 4.78 is 91.5. The summed E-state index contributed by atoms with van der Waals surface area (Å²) in [6.45, 7) is -20.2. The molecule has 6 heterocycles. The van der Waals surface area contributed by atoms with E-state index < -0.39 is 423 Å². The van der Waals surface area contributed by atoms with Gasteiger partial charge in [0.15, 0.2) is 0 Å². The van der Waals surface area contributed by atoms with Crippen molar-refractivity contribution in [2.24, 2.45) is 0 Å². The van der Waals surface area contributed by atoms with Crippen LogP contribution in [-0.2, 0) is 126 Å². The number of carboxylic acids is 16. The summed E-state index contributed by atoms with van der Waals surface area (Å²) in [4.78, 5) is 207. The summed E-state index contributed by atoms with van der Waals surface area (Å²) in [6.07, 6.45) is -4.25. The molecular weight excluding hydrogens is 1710 g/mol. The van der Waals surface area contributed by atoms with Crippen molar-refractivity contribution in [2.75, 3.05) is 157 Å². The Balaban J connectivity index is 2.16. The maximum Gasteiger partial charge on any atom is 0.478 e. The number of carboxylic acid groups (broad SMARTS) is 16. The summed E-state index contributed by atoms with van der Waals surface area (Å²) in [5.74, 6) is -25.0. The molecule has 60 heteroatoms. The van der Waals surface area contributed by atoms with E-state index in [0.29, 0.717) is 0 Å². The monoisotopic (exact) mass is 1810 g/mol. The predicted molar refractivity (Wildman–Crippen MR) is 388 cm³/mol. The summed E-state index contributed by atoms with van der Waals surface area (Å²) in [6, 6.07) is -6.29. The lowest BCUT2D eigenvalue weighted by Crippen LogP contribution is -2.88. The molecule has 0 saturated carbocycles. The van der Waals surface area contributed by atoms with Crippen LogP contribution in [-0.4, -0.2) is 444 Å². The van der Waals surface area contributed by atoms with Gasteiger partial charge in [-0.1, -0.05) is 0 Å². The molecule has 0 aromatic heterocycles. The average molecular weight is 1810 g/mol. The molecule has 0 aliphatic carbocycles. The Hall–Kier alpha value is -7.54. The van der Waals surface area contributed by atoms with Gasteiger partial charge in [0, 0.05) is 48.4 Å². The first-order valence-corrected chi connectivity index (χ1v) is 51.3. The van der Waals surface area contributed by atoms with Gasteiger partial charge in [-0.3, -0.25) is 116 Å². The lowest BCUT2D eigenvalue weighted by Gasteiger charge is -2.63. The highest BCUT2D eigenvalue weighted by molar-refractivity contribution is 7.03. The second kappa shape index (κ2) is 45.0. The third-order valence-electron chi connectivity index (χ3n) is 17.1. The predicted octanol–water partition coefficient (Wildman–Crippen LogP) is -5.34. The minimum Gasteiger partial charge on any atom is -0.480 e. The van der Waals surface area contributed by atoms with E-state index in [0.717, 1.165) is 39.2 Å². The van der Waals surface area contributed by atoms with E-state index >= 15 is 0 Å². The molecule has 8 bridgehead atoms. The second-order valence-corrected chi connectivity index (χ2v) is 52.2. The van der Waals surface area contributed by atoms with Crippen LogP contribution in [0.4, 0.5) is 0 Å². The fraction of sp³-hybridized carbons (Fsp3) is 0.714. The minimum atomic E-state index is -5.74. The van der Waals surface area contributed by atoms with E-state index in [1.54, 1.807) is 0 Å². The third-order valence-corrected chi connectivity index (χ3v) is 54.7. The van der Waals surface area contributed by atoms with Crippen molar-refractivity contribution in [3.63, 3.8) is 0 Å². The van der Waals surface area contributed by atoms with Crippen LogP contribution in [0.15, 0.2) is 0 Å². The van der Waals surface area contributed by atoms with E-state index in [2.05, 4.69) is 0 Å². The van der Waals surface area contributed by atoms with Gasteiger partial charge in [-0.05, 0) is 104 Å². The summed E-state index contributed by atoms with van der Waals surface area (Å²) in [7, 11) is -45.9. The molecule has 116 heavy (non-hydrogen) atoms. The Bertz CT molecular complexity index is 2670. The highest BCUT2D eigenvalue weighted by Crippen LogP contribution is 2.55. The summed E-state index contributed by atoms with van der Waals surface area (Å²) >= 11 is 0. The van der Waals surface area contributed by atoms with Gasteiger partial charge < -0.3 is 131 Å². The molecule has 52 nitrogen and oxygen atoms in total. The van der Waals surface area contributed by atoms with Gasteiger partial charge >= 0.3 is 166 Å². The number of nitrogens with zero attached hydrogens (tertiary/aromatic N) is 8. The van der Waals surface area contributed by atoms with Crippen LogP contribution in [0.2, 0.25) is 48.4 Å². The Morgan fingerprint density at radius 1 is 0.147 bits per heavy atom. The molecule has 0 aromatic rings. The van der Waals surface area contributed by atoms with E-state index in [9.17, 15) is 158 Å². The van der Waals surface area contributed by atoms with Crippen LogP contribution in [0.25, 0.3) is 0 Å². The Labute approximate surface area is 667 Å². The molecule has 0 aromatic carbocycles. The molecule has 0 spiro atoms. The maximum atomic E-state index is 12.5. The molecule has 6 fully saturated rings. The first-order valence-electron chi connectivity index (χ1n) is 35.8. The Morgan fingerprint density at radius 2 is 0.216 bits per heavy atom. The highest BCUT2D eigenvalue weighted by atomic mass is 28.6. The van der Waals surface area contributed by atoms with Gasteiger partial charge in [0.25, 0.3) is 0 Å². The number of carbonyl (C=O) groups is 16. The lowest BCUT2D eigenvalue weighted by atomic mass is 10.4. The van der Waals surface area contributed by atoms with Crippen LogP contribution in [0.5, 0.6) is 0 Å². The van der Waals surface area contributed by atoms with Crippen LogP contribution < -0.4 is 0 Å². The van der Waals surface area contributed by atoms with E-state index in [1.165, 1.54) is 0 Å². The molecule has 6 rings (SSSR count). The fourth-order valence-electron chi connectivity index (χ4n) is 13.5. The molecular formula is C56H96N8O44Si8. The maximum absolute atomic E-state index is 12.5. The van der Waals surface area contributed by atoms with Crippen LogP contribution in [0.3, 0.4) is 0 Å². The Morgan fingerprint density at radius 3 is 0.276 bits per heavy atom. The fourth-order valence-corrected chi connectivity index (χ4v) is 63.8. The largest absolute Gasteiger partial charge is 0.480 e. The zero-order valence-corrected chi connectivity index (χ0v) is 70.4. The molecule has 656 valence electrons. The van der Waals surface area contributed by atoms with E-state index in [4.69, 9.17) is 49.4 Å². The zero-order valence-electron chi connectivity index (χ0n) is 62.4. The number of aliphatic carboxylic acids is 16. The summed E-state index contributed by atoms with van der Waals surface area (Å²) in [5, 5.41) is 162. The highest BCUT2D eigenvalue weighted by Gasteiger charge is 2.83. The first-order chi connectivity index (χ1) is 54.1. The van der Waals surface area contributed by atoms with E-state index in [-0.39, 0.29) is 0 Å². The van der Waals surface area contributed by atoms with Crippen molar-refractivity contribution in [3.8, 4) is 0 Å². The van der Waals surface area contributed by atoms with Gasteiger partial charge in [0.05, 0.1) is 105 Å². The third kappa shape index (κ3) is 34.8. The van der Waals surface area contributed by atoms with Gasteiger partial charge in [-0.2, -0.15) is 0 Å². The molecule has 0 unspecified atom stereocenters. The second-order valence-electron chi connectivity index (χ2n) is 27.5. The molecule has 0 radical (unpaired) electrons. The molecule has 6 aliphatic heterocycles. The lowest BCUT2D eigenvalue weighted by molar-refractivity contribution is -0.143. The molecule has 6 saturated heterocycles. The smallest absolute Gasteiger partial charge is 0.478 e. The van der Waals surface area contributed by atoms with Gasteiger partial charge in [-0.15, -0.1) is 0 Å². The molecule has 0 amide bonds. The topological polar surface area (TPSA) is 733 Å². The van der Waals surface area contributed by atoms with Crippen LogP contribution in [0.1, 0.15) is 51.4 Å². The SMILES string of the molecule is O=C(O)CN(CCC[Si]12O[Si]3(CCCN(CC(=O)O)CC(=O)O)O[Si]4(CCCN(CC(=O)O)CC(=O)O)O[Si](CCCN(CC(=O)O)CC(=O)O)(O1)O[Si]1(CCCN(CC(=O)O)CC(=O)O)O[Si](CCCN(CC(=O)O)CC(=O)O)(O2)O[Si](CCCN(CC(=O)O)CC(=O)O)(O3)O[Si](CCCN(CC(=O)O)CC(=O)O)(O4)O1)CC(=O)O. The summed E-state index contributed by atoms with van der Waals surface area (Å²) in [5.41, 5.74) is 0.